The molecule has 0 saturated heterocycles. The maximum atomic E-state index is 13.7. The number of alkyl carbamates (subject to hydrolysis) is 1. The van der Waals surface area contributed by atoms with E-state index in [0.717, 1.165) is 16.5 Å². The maximum absolute atomic E-state index is 13.7. The van der Waals surface area contributed by atoms with Gasteiger partial charge in [0.1, 0.15) is 6.61 Å². The lowest BCUT2D eigenvalue weighted by Gasteiger charge is -2.38. The van der Waals surface area contributed by atoms with Crippen molar-refractivity contribution in [3.05, 3.63) is 82.1 Å². The van der Waals surface area contributed by atoms with E-state index >= 15 is 0 Å². The summed E-state index contributed by atoms with van der Waals surface area (Å²) in [5.74, 6) is -0.566. The highest BCUT2D eigenvalue weighted by molar-refractivity contribution is 5.90. The summed E-state index contributed by atoms with van der Waals surface area (Å²) in [6.07, 6.45) is -0.840. The molecule has 1 aromatic heterocycles. The third-order valence-corrected chi connectivity index (χ3v) is 5.63. The molecule has 0 spiro atoms. The van der Waals surface area contributed by atoms with Gasteiger partial charge in [-0.1, -0.05) is 57.2 Å². The molecule has 1 N–H and O–H groups in total. The van der Waals surface area contributed by atoms with E-state index in [4.69, 9.17) is 9.47 Å². The van der Waals surface area contributed by atoms with Crippen LogP contribution in [0.25, 0.3) is 10.9 Å². The molecule has 0 unspecified atom stereocenters. The van der Waals surface area contributed by atoms with Crippen molar-refractivity contribution in [3.8, 4) is 0 Å². The Bertz CT molecular complexity index is 1260. The Balaban J connectivity index is 2.09. The molecule has 3 rings (SSSR count). The largest absolute Gasteiger partial charge is 0.461 e. The van der Waals surface area contributed by atoms with Crippen molar-refractivity contribution in [1.82, 2.24) is 9.88 Å². The van der Waals surface area contributed by atoms with Crippen molar-refractivity contribution in [2.24, 2.45) is 12.5 Å². The molecule has 0 radical (unpaired) electrons. The Morgan fingerprint density at radius 1 is 1.00 bits per heavy atom. The number of ether oxygens (including phenoxy) is 2. The predicted octanol–water partition coefficient (Wildman–Crippen LogP) is 5.05. The Labute approximate surface area is 206 Å². The first kappa shape index (κ1) is 26.0. The molecule has 35 heavy (non-hydrogen) atoms. The second kappa shape index (κ2) is 10.3. The molecule has 0 saturated carbocycles. The topological polar surface area (TPSA) is 86.6 Å². The first-order valence-electron chi connectivity index (χ1n) is 11.7. The third-order valence-electron chi connectivity index (χ3n) is 5.63. The average Bonchev–Trinajstić information content (AvgIpc) is 2.79. The van der Waals surface area contributed by atoms with Gasteiger partial charge in [0.05, 0.1) is 11.6 Å². The van der Waals surface area contributed by atoms with E-state index in [1.165, 1.54) is 6.07 Å². The molecular formula is C28H34N2O5. The first-order valence-corrected chi connectivity index (χ1v) is 11.7. The highest BCUT2D eigenvalue weighted by Crippen LogP contribution is 2.37. The lowest BCUT2D eigenvalue weighted by molar-refractivity contribution is -0.157. The number of nitrogens with one attached hydrogen (secondary N) is 1. The Hall–Kier alpha value is -3.61. The number of benzene rings is 2. The van der Waals surface area contributed by atoms with Crippen LogP contribution in [0.1, 0.15) is 52.2 Å². The van der Waals surface area contributed by atoms with Crippen molar-refractivity contribution in [3.63, 3.8) is 0 Å². The van der Waals surface area contributed by atoms with Crippen LogP contribution in [0, 0.1) is 5.41 Å². The van der Waals surface area contributed by atoms with E-state index in [9.17, 15) is 14.4 Å². The number of carbonyl (C=O) groups is 2. The zero-order valence-corrected chi connectivity index (χ0v) is 21.3. The molecule has 0 fully saturated rings. The van der Waals surface area contributed by atoms with Crippen LogP contribution in [0.2, 0.25) is 0 Å². The second-order valence-electron chi connectivity index (χ2n) is 10.3. The van der Waals surface area contributed by atoms with Crippen molar-refractivity contribution in [1.29, 1.82) is 0 Å². The van der Waals surface area contributed by atoms with E-state index in [2.05, 4.69) is 5.32 Å². The van der Waals surface area contributed by atoms with Gasteiger partial charge in [0, 0.05) is 13.1 Å². The van der Waals surface area contributed by atoms with Crippen molar-refractivity contribution in [2.45, 2.75) is 59.3 Å². The van der Waals surface area contributed by atoms with Crippen LogP contribution < -0.4 is 10.9 Å². The number of nitrogens with zero attached hydrogens (tertiary/aromatic N) is 1. The summed E-state index contributed by atoms with van der Waals surface area (Å²) in [7, 11) is 1.69. The van der Waals surface area contributed by atoms with Gasteiger partial charge < -0.3 is 19.4 Å². The highest BCUT2D eigenvalue weighted by Gasteiger charge is 2.47. The number of hydrogen-bond donors (Lipinski definition) is 1. The minimum absolute atomic E-state index is 0.0668. The van der Waals surface area contributed by atoms with Gasteiger partial charge in [0.2, 0.25) is 0 Å². The molecule has 3 aromatic rings. The number of hydrogen-bond acceptors (Lipinski definition) is 5. The van der Waals surface area contributed by atoms with Crippen LogP contribution in [0.5, 0.6) is 0 Å². The molecule has 7 heteroatoms. The van der Waals surface area contributed by atoms with Gasteiger partial charge in [-0.3, -0.25) is 4.79 Å². The zero-order chi connectivity index (χ0) is 25.8. The molecule has 2 aromatic carbocycles. The molecule has 0 aliphatic rings. The standard InChI is InChI=1S/C28H34N2O5/c1-19(2)35-25(32)28(18-27(3,4)5,29-26(33)34-17-20-10-8-7-9-11-20)22-13-14-23-21(16-22)12-15-24(31)30(23)6/h7-16,19H,17-18H2,1-6H3,(H,29,33)/t28-/m1/s1. The van der Waals surface area contributed by atoms with E-state index in [0.29, 0.717) is 5.56 Å². The second-order valence-corrected chi connectivity index (χ2v) is 10.3. The predicted molar refractivity (Wildman–Crippen MR) is 136 cm³/mol. The minimum atomic E-state index is -1.50. The van der Waals surface area contributed by atoms with Gasteiger partial charge in [-0.05, 0) is 60.4 Å². The van der Waals surface area contributed by atoms with Crippen LogP contribution in [0.3, 0.4) is 0 Å². The summed E-state index contributed by atoms with van der Waals surface area (Å²) >= 11 is 0. The van der Waals surface area contributed by atoms with E-state index in [1.54, 1.807) is 43.7 Å². The van der Waals surface area contributed by atoms with Crippen LogP contribution in [-0.2, 0) is 33.5 Å². The van der Waals surface area contributed by atoms with Gasteiger partial charge >= 0.3 is 12.1 Å². The SMILES string of the molecule is CC(C)OC(=O)[C@](CC(C)(C)C)(NC(=O)OCc1ccccc1)c1ccc2c(ccc(=O)n2C)c1. The maximum Gasteiger partial charge on any atom is 0.408 e. The number of aryl methyl sites for hydroxylation is 1. The lowest BCUT2D eigenvalue weighted by atomic mass is 9.75. The molecule has 0 aliphatic heterocycles. The van der Waals surface area contributed by atoms with E-state index in [-0.39, 0.29) is 30.1 Å². The van der Waals surface area contributed by atoms with Gasteiger partial charge in [-0.15, -0.1) is 0 Å². The van der Waals surface area contributed by atoms with Gasteiger partial charge in [0.25, 0.3) is 5.56 Å². The summed E-state index contributed by atoms with van der Waals surface area (Å²) in [6.45, 7) is 9.58. The number of rotatable bonds is 7. The molecule has 1 heterocycles. The molecular weight excluding hydrogens is 444 g/mol. The minimum Gasteiger partial charge on any atom is -0.461 e. The average molecular weight is 479 g/mol. The first-order chi connectivity index (χ1) is 16.4. The number of aromatic nitrogens is 1. The molecule has 1 amide bonds. The third kappa shape index (κ3) is 6.29. The lowest BCUT2D eigenvalue weighted by Crippen LogP contribution is -2.55. The van der Waals surface area contributed by atoms with Gasteiger partial charge in [-0.2, -0.15) is 0 Å². The number of carbonyl (C=O) groups excluding carboxylic acids is 2. The Morgan fingerprint density at radius 3 is 2.31 bits per heavy atom. The fraction of sp³-hybridized carbons (Fsp3) is 0.393. The summed E-state index contributed by atoms with van der Waals surface area (Å²) < 4.78 is 12.7. The summed E-state index contributed by atoms with van der Waals surface area (Å²) in [5, 5.41) is 3.63. The van der Waals surface area contributed by atoms with Gasteiger partial charge in [0.15, 0.2) is 5.54 Å². The zero-order valence-electron chi connectivity index (χ0n) is 21.3. The van der Waals surface area contributed by atoms with Crippen LogP contribution in [0.15, 0.2) is 65.5 Å². The van der Waals surface area contributed by atoms with Gasteiger partial charge in [-0.25, -0.2) is 9.59 Å². The fourth-order valence-corrected chi connectivity index (χ4v) is 4.15. The van der Waals surface area contributed by atoms with Crippen LogP contribution in [-0.4, -0.2) is 22.7 Å². The number of amides is 1. The van der Waals surface area contributed by atoms with Crippen molar-refractivity contribution >= 4 is 23.0 Å². The Kier molecular flexibility index (Phi) is 7.68. The quantitative estimate of drug-likeness (QED) is 0.481. The normalized spacial score (nSPS) is 13.3. The summed E-state index contributed by atoms with van der Waals surface area (Å²) in [4.78, 5) is 38.8. The van der Waals surface area contributed by atoms with E-state index < -0.39 is 17.6 Å². The molecule has 0 bridgehead atoms. The molecule has 1 atom stereocenters. The monoisotopic (exact) mass is 478 g/mol. The summed E-state index contributed by atoms with van der Waals surface area (Å²) in [5.41, 5.74) is 0.115. The number of esters is 1. The Morgan fingerprint density at radius 2 is 1.69 bits per heavy atom. The summed E-state index contributed by atoms with van der Waals surface area (Å²) in [6, 6.07) is 17.9. The highest BCUT2D eigenvalue weighted by atomic mass is 16.6. The molecule has 7 nitrogen and oxygen atoms in total. The smallest absolute Gasteiger partial charge is 0.408 e. The van der Waals surface area contributed by atoms with Crippen LogP contribution >= 0.6 is 0 Å². The van der Waals surface area contributed by atoms with Crippen molar-refractivity contribution in [2.75, 3.05) is 0 Å². The van der Waals surface area contributed by atoms with Crippen molar-refractivity contribution < 1.29 is 19.1 Å². The molecule has 186 valence electrons. The van der Waals surface area contributed by atoms with Crippen LogP contribution in [0.4, 0.5) is 4.79 Å². The van der Waals surface area contributed by atoms with E-state index in [1.807, 2.05) is 57.2 Å². The number of pyridine rings is 1. The molecule has 0 aliphatic carbocycles. The number of fused-ring (bicyclic) bond motifs is 1. The fourth-order valence-electron chi connectivity index (χ4n) is 4.15.